The number of carbonyl (C=O) groups is 1. The highest BCUT2D eigenvalue weighted by Gasteiger charge is 2.21. The second-order valence-electron chi connectivity index (χ2n) is 8.66. The third-order valence-electron chi connectivity index (χ3n) is 6.18. The van der Waals surface area contributed by atoms with Crippen molar-refractivity contribution in [3.05, 3.63) is 87.1 Å². The van der Waals surface area contributed by atoms with E-state index in [0.29, 0.717) is 21.0 Å². The van der Waals surface area contributed by atoms with E-state index in [1.165, 1.54) is 25.0 Å². The zero-order valence-corrected chi connectivity index (χ0v) is 21.2. The summed E-state index contributed by atoms with van der Waals surface area (Å²) in [7, 11) is -3.71. The van der Waals surface area contributed by atoms with Crippen LogP contribution in [0.3, 0.4) is 0 Å². The van der Waals surface area contributed by atoms with Crippen LogP contribution in [0.4, 0.5) is 5.69 Å². The van der Waals surface area contributed by atoms with E-state index in [9.17, 15) is 18.0 Å². The molecule has 35 heavy (non-hydrogen) atoms. The van der Waals surface area contributed by atoms with Crippen LogP contribution in [0, 0.1) is 0 Å². The Hall–Kier alpha value is -2.94. The van der Waals surface area contributed by atoms with Gasteiger partial charge in [0.25, 0.3) is 5.56 Å². The maximum absolute atomic E-state index is 13.1. The molecule has 4 aromatic rings. The number of hydrogen-bond acceptors (Lipinski definition) is 6. The van der Waals surface area contributed by atoms with Crippen LogP contribution in [-0.2, 0) is 21.1 Å². The molecule has 1 aliphatic rings. The Morgan fingerprint density at radius 3 is 2.34 bits per heavy atom. The van der Waals surface area contributed by atoms with Crippen LogP contribution in [-0.4, -0.2) is 37.6 Å². The predicted molar refractivity (Wildman–Crippen MR) is 141 cm³/mol. The summed E-state index contributed by atoms with van der Waals surface area (Å²) < 4.78 is 26.9. The van der Waals surface area contributed by atoms with Crippen LogP contribution in [0.15, 0.2) is 75.9 Å². The molecule has 0 spiro atoms. The van der Waals surface area contributed by atoms with Gasteiger partial charge in [0.1, 0.15) is 9.96 Å². The molecule has 0 atom stereocenters. The summed E-state index contributed by atoms with van der Waals surface area (Å²) in [4.78, 5) is 27.9. The molecule has 0 aliphatic carbocycles. The van der Waals surface area contributed by atoms with E-state index in [0.717, 1.165) is 35.5 Å². The molecule has 0 amide bonds. The number of aromatic nitrogens is 1. The summed E-state index contributed by atoms with van der Waals surface area (Å²) in [6, 6.07) is 17.8. The smallest absolute Gasteiger partial charge is 0.262 e. The Labute approximate surface area is 212 Å². The Balaban J connectivity index is 1.32. The van der Waals surface area contributed by atoms with Crippen LogP contribution < -0.4 is 10.5 Å². The Morgan fingerprint density at radius 1 is 0.943 bits per heavy atom. The number of pyridine rings is 1. The molecule has 6 nitrogen and oxygen atoms in total. The lowest BCUT2D eigenvalue weighted by molar-refractivity contribution is -0.116. The van der Waals surface area contributed by atoms with Crippen LogP contribution >= 0.6 is 22.9 Å². The first-order valence-electron chi connectivity index (χ1n) is 11.3. The molecular formula is C26H23ClN2O4S2. The highest BCUT2D eigenvalue weighted by molar-refractivity contribution is 7.94. The number of anilines is 1. The maximum Gasteiger partial charge on any atom is 0.262 e. The van der Waals surface area contributed by atoms with Gasteiger partial charge in [-0.25, -0.2) is 8.42 Å². The maximum atomic E-state index is 13.1. The fraction of sp³-hybridized carbons (Fsp3) is 0.231. The van der Waals surface area contributed by atoms with Crippen molar-refractivity contribution in [1.82, 2.24) is 4.57 Å². The number of thiophene rings is 1. The van der Waals surface area contributed by atoms with E-state index in [1.807, 2.05) is 18.2 Å². The van der Waals surface area contributed by atoms with E-state index < -0.39 is 21.4 Å². The van der Waals surface area contributed by atoms with E-state index in [4.69, 9.17) is 11.6 Å². The molecule has 1 aliphatic heterocycles. The number of hydrogen-bond donors (Lipinski definition) is 0. The molecular weight excluding hydrogens is 504 g/mol. The molecule has 0 unspecified atom stereocenters. The number of halogens is 1. The van der Waals surface area contributed by atoms with Gasteiger partial charge in [0.05, 0.1) is 4.34 Å². The van der Waals surface area contributed by atoms with Crippen LogP contribution in [0.25, 0.3) is 16.5 Å². The molecule has 0 N–H and O–H groups in total. The molecule has 3 heterocycles. The van der Waals surface area contributed by atoms with Gasteiger partial charge in [-0.15, -0.1) is 11.3 Å². The largest absolute Gasteiger partial charge is 0.372 e. The molecule has 1 fully saturated rings. The lowest BCUT2D eigenvalue weighted by Crippen LogP contribution is -2.20. The van der Waals surface area contributed by atoms with Gasteiger partial charge in [-0.1, -0.05) is 23.7 Å². The van der Waals surface area contributed by atoms with E-state index in [2.05, 4.69) is 11.0 Å². The first-order valence-corrected chi connectivity index (χ1v) is 14.1. The molecule has 0 bridgehead atoms. The second kappa shape index (κ2) is 9.60. The molecule has 9 heteroatoms. The zero-order chi connectivity index (χ0) is 24.6. The van der Waals surface area contributed by atoms with Gasteiger partial charge in [-0.3, -0.25) is 14.2 Å². The van der Waals surface area contributed by atoms with E-state index in [1.54, 1.807) is 35.0 Å². The predicted octanol–water partition coefficient (Wildman–Crippen LogP) is 4.89. The topological polar surface area (TPSA) is 76.5 Å². The fourth-order valence-corrected chi connectivity index (χ4v) is 7.22. The Kier molecular flexibility index (Phi) is 6.53. The van der Waals surface area contributed by atoms with Crippen LogP contribution in [0.2, 0.25) is 4.34 Å². The van der Waals surface area contributed by atoms with Gasteiger partial charge < -0.3 is 4.90 Å². The quantitative estimate of drug-likeness (QED) is 0.342. The number of sulfone groups is 1. The number of ketones is 1. The van der Waals surface area contributed by atoms with Crippen LogP contribution in [0.1, 0.15) is 18.4 Å². The Morgan fingerprint density at radius 2 is 1.66 bits per heavy atom. The summed E-state index contributed by atoms with van der Waals surface area (Å²) in [5.41, 5.74) is 2.39. The van der Waals surface area contributed by atoms with E-state index >= 15 is 0 Å². The van der Waals surface area contributed by atoms with Crippen molar-refractivity contribution < 1.29 is 13.2 Å². The minimum Gasteiger partial charge on any atom is -0.372 e. The molecule has 0 radical (unpaired) electrons. The summed E-state index contributed by atoms with van der Waals surface area (Å²) in [5, 5.41) is 1.56. The Bertz CT molecular complexity index is 1570. The van der Waals surface area contributed by atoms with E-state index in [-0.39, 0.29) is 16.2 Å². The van der Waals surface area contributed by atoms with Crippen molar-refractivity contribution in [3.63, 3.8) is 0 Å². The van der Waals surface area contributed by atoms with Gasteiger partial charge in [0.15, 0.2) is 15.6 Å². The minimum atomic E-state index is -3.71. The summed E-state index contributed by atoms with van der Waals surface area (Å²) in [5.74, 6) is -0.978. The average Bonchev–Trinajstić information content (AvgIpc) is 3.52. The number of nitrogens with zero attached hydrogens (tertiary/aromatic N) is 2. The second-order valence-corrected chi connectivity index (χ2v) is 12.6. The molecule has 0 saturated carbocycles. The van der Waals surface area contributed by atoms with Crippen molar-refractivity contribution in [2.24, 2.45) is 0 Å². The highest BCUT2D eigenvalue weighted by Crippen LogP contribution is 2.27. The molecule has 1 saturated heterocycles. The SMILES string of the molecule is O=C(Cc1ccc(-n2ccc3cc(N4CCCC4)ccc3c2=O)cc1)CS(=O)(=O)c1ccc(Cl)s1. The monoisotopic (exact) mass is 526 g/mol. The van der Waals surface area contributed by atoms with Gasteiger partial charge in [-0.05, 0) is 72.3 Å². The molecule has 180 valence electrons. The first kappa shape index (κ1) is 23.8. The van der Waals surface area contributed by atoms with Crippen molar-refractivity contribution in [3.8, 4) is 5.69 Å². The van der Waals surface area contributed by atoms with Gasteiger partial charge in [0, 0.05) is 42.5 Å². The summed E-state index contributed by atoms with van der Waals surface area (Å²) in [6.07, 6.45) is 4.14. The number of Topliss-reactive ketones (excluding diaryl/α,β-unsaturated/α-hetero) is 1. The normalized spacial score (nSPS) is 14.0. The van der Waals surface area contributed by atoms with Gasteiger partial charge >= 0.3 is 0 Å². The van der Waals surface area contributed by atoms with Crippen molar-refractivity contribution in [1.29, 1.82) is 0 Å². The van der Waals surface area contributed by atoms with Gasteiger partial charge in [0.2, 0.25) is 0 Å². The minimum absolute atomic E-state index is 0.00941. The lowest BCUT2D eigenvalue weighted by Gasteiger charge is -2.18. The number of benzene rings is 2. The first-order chi connectivity index (χ1) is 16.8. The lowest BCUT2D eigenvalue weighted by atomic mass is 10.1. The van der Waals surface area contributed by atoms with Crippen molar-refractivity contribution >= 4 is 55.0 Å². The summed E-state index contributed by atoms with van der Waals surface area (Å²) >= 11 is 6.76. The molecule has 2 aromatic heterocycles. The highest BCUT2D eigenvalue weighted by atomic mass is 35.5. The van der Waals surface area contributed by atoms with Crippen LogP contribution in [0.5, 0.6) is 0 Å². The van der Waals surface area contributed by atoms with Gasteiger partial charge in [-0.2, -0.15) is 0 Å². The standard InChI is InChI=1S/C26H23ClN2O4S2/c27-24-9-10-25(34-24)35(32,33)17-22(30)15-18-3-5-20(6-4-18)29-14-11-19-16-21(28-12-1-2-13-28)7-8-23(19)26(29)31/h3-11,14,16H,1-2,12-13,15,17H2. The number of carbonyl (C=O) groups excluding carboxylic acids is 1. The number of fused-ring (bicyclic) bond motifs is 1. The molecule has 5 rings (SSSR count). The zero-order valence-electron chi connectivity index (χ0n) is 18.8. The fourth-order valence-electron chi connectivity index (χ4n) is 4.41. The summed E-state index contributed by atoms with van der Waals surface area (Å²) in [6.45, 7) is 2.09. The number of rotatable bonds is 7. The average molecular weight is 527 g/mol. The third kappa shape index (κ3) is 5.05. The van der Waals surface area contributed by atoms with Crippen molar-refractivity contribution in [2.45, 2.75) is 23.5 Å². The third-order valence-corrected chi connectivity index (χ3v) is 9.67. The van der Waals surface area contributed by atoms with Crippen molar-refractivity contribution in [2.75, 3.05) is 23.7 Å². The molecule has 2 aromatic carbocycles.